The number of anilines is 1. The highest BCUT2D eigenvalue weighted by Gasteiger charge is 2.65. The zero-order chi connectivity index (χ0) is 22.4. The molecule has 2 N–H and O–H groups in total. The lowest BCUT2D eigenvalue weighted by Crippen LogP contribution is -2.65. The number of nitrogens with one attached hydrogen (secondary N) is 2. The van der Waals surface area contributed by atoms with Crippen LogP contribution >= 0.6 is 0 Å². The van der Waals surface area contributed by atoms with Crippen molar-refractivity contribution in [1.82, 2.24) is 14.7 Å². The van der Waals surface area contributed by atoms with Crippen LogP contribution in [0, 0.1) is 6.92 Å². The number of carbonyl (C=O) groups is 1. The van der Waals surface area contributed by atoms with Crippen molar-refractivity contribution in [3.05, 3.63) is 70.6 Å². The number of fused-ring (bicyclic) bond motifs is 1. The molecule has 4 rings (SSSR count). The summed E-state index contributed by atoms with van der Waals surface area (Å²) < 4.78 is 53.9. The molecule has 0 saturated carbocycles. The molecule has 0 atom stereocenters. The minimum atomic E-state index is -5.11. The maximum absolute atomic E-state index is 13.8. The highest BCUT2D eigenvalue weighted by atomic mass is 19.4. The van der Waals surface area contributed by atoms with Gasteiger partial charge in [-0.3, -0.25) is 14.8 Å². The fourth-order valence-electron chi connectivity index (χ4n) is 3.19. The van der Waals surface area contributed by atoms with Gasteiger partial charge in [0.15, 0.2) is 11.5 Å². The van der Waals surface area contributed by atoms with Gasteiger partial charge in [-0.25, -0.2) is 9.48 Å². The number of urea groups is 1. The van der Waals surface area contributed by atoms with Gasteiger partial charge in [0.05, 0.1) is 11.4 Å². The van der Waals surface area contributed by atoms with E-state index in [2.05, 4.69) is 5.32 Å². The van der Waals surface area contributed by atoms with Gasteiger partial charge in [-0.15, -0.1) is 0 Å². The van der Waals surface area contributed by atoms with Gasteiger partial charge < -0.3 is 14.8 Å². The average molecular weight is 434 g/mol. The number of alkyl halides is 3. The lowest BCUT2D eigenvalue weighted by molar-refractivity contribution is -0.317. The van der Waals surface area contributed by atoms with Crippen LogP contribution in [0.4, 0.5) is 23.7 Å². The number of hydrogen-bond donors (Lipinski definition) is 2. The van der Waals surface area contributed by atoms with Crippen LogP contribution < -0.4 is 25.7 Å². The monoisotopic (exact) mass is 434 g/mol. The molecule has 0 aliphatic carbocycles. The molecule has 0 bridgehead atoms. The number of rotatable bonds is 3. The Hall–Kier alpha value is -3.89. The number of nitrogens with zero attached hydrogens (tertiary/aromatic N) is 2. The van der Waals surface area contributed by atoms with Crippen molar-refractivity contribution < 1.29 is 27.4 Å². The summed E-state index contributed by atoms with van der Waals surface area (Å²) in [5.74, 6) is -3.79. The van der Waals surface area contributed by atoms with Crippen LogP contribution in [0.2, 0.25) is 0 Å². The van der Waals surface area contributed by atoms with E-state index in [-0.39, 0.29) is 17.2 Å². The summed E-state index contributed by atoms with van der Waals surface area (Å²) in [4.78, 5) is 25.3. The molecule has 0 radical (unpaired) electrons. The minimum Gasteiger partial charge on any atom is -0.424 e. The first kappa shape index (κ1) is 20.4. The minimum absolute atomic E-state index is 0.178. The third-order valence-electron chi connectivity index (χ3n) is 4.80. The van der Waals surface area contributed by atoms with Gasteiger partial charge in [-0.1, -0.05) is 30.3 Å². The molecule has 0 spiro atoms. The van der Waals surface area contributed by atoms with E-state index in [1.165, 1.54) is 33.6 Å². The lowest BCUT2D eigenvalue weighted by atomic mass is 10.3. The van der Waals surface area contributed by atoms with Crippen molar-refractivity contribution in [2.45, 2.75) is 19.0 Å². The highest BCUT2D eigenvalue weighted by Crippen LogP contribution is 2.44. The van der Waals surface area contributed by atoms with Crippen molar-refractivity contribution in [2.75, 3.05) is 5.32 Å². The topological polar surface area (TPSA) is 86.5 Å². The van der Waals surface area contributed by atoms with Gasteiger partial charge in [-0.05, 0) is 31.2 Å². The van der Waals surface area contributed by atoms with Crippen molar-refractivity contribution in [3.8, 4) is 17.2 Å². The quantitative estimate of drug-likeness (QED) is 0.663. The third kappa shape index (κ3) is 3.37. The summed E-state index contributed by atoms with van der Waals surface area (Å²) in [6.45, 7) is 1.55. The Labute approximate surface area is 173 Å². The maximum Gasteiger partial charge on any atom is 0.492 e. The molecule has 0 fully saturated rings. The molecule has 31 heavy (non-hydrogen) atoms. The Morgan fingerprint density at radius 2 is 1.55 bits per heavy atom. The van der Waals surface area contributed by atoms with Crippen molar-refractivity contribution >= 4 is 11.7 Å². The standard InChI is InChI=1S/C20H17F3N4O4/c1-12-16(17(28)27(26(12)2)13-8-4-3-5-9-13)24-18(29)25-20(19(21,22)23)30-14-10-6-7-11-15(14)31-20/h3-11H,1-2H3,(H2,24,25,29). The molecule has 2 heterocycles. The van der Waals surface area contributed by atoms with Gasteiger partial charge in [0.1, 0.15) is 5.69 Å². The number of carbonyl (C=O) groups excluding carboxylic acids is 1. The Bertz CT molecular complexity index is 1180. The highest BCUT2D eigenvalue weighted by molar-refractivity contribution is 5.90. The molecule has 162 valence electrons. The Kier molecular flexibility index (Phi) is 4.68. The van der Waals surface area contributed by atoms with E-state index in [1.54, 1.807) is 49.6 Å². The summed E-state index contributed by atoms with van der Waals surface area (Å²) in [6.07, 6.45) is -5.11. The number of aromatic nitrogens is 2. The molecule has 1 aliphatic rings. The van der Waals surface area contributed by atoms with E-state index in [0.29, 0.717) is 11.4 Å². The van der Waals surface area contributed by atoms with Crippen LogP contribution in [0.15, 0.2) is 59.4 Å². The summed E-state index contributed by atoms with van der Waals surface area (Å²) >= 11 is 0. The third-order valence-corrected chi connectivity index (χ3v) is 4.80. The number of halogens is 3. The second-order valence-corrected chi connectivity index (χ2v) is 6.78. The molecule has 1 aliphatic heterocycles. The average Bonchev–Trinajstić information content (AvgIpc) is 3.20. The summed E-state index contributed by atoms with van der Waals surface area (Å²) in [6, 6.07) is 12.8. The normalized spacial score (nSPS) is 14.4. The van der Waals surface area contributed by atoms with E-state index < -0.39 is 23.7 Å². The van der Waals surface area contributed by atoms with Crippen LogP contribution in [-0.4, -0.2) is 27.5 Å². The van der Waals surface area contributed by atoms with E-state index in [1.807, 2.05) is 0 Å². The number of ether oxygens (including phenoxy) is 2. The molecule has 3 aromatic rings. The molecule has 1 aromatic heterocycles. The molecular formula is C20H17F3N4O4. The summed E-state index contributed by atoms with van der Waals surface area (Å²) in [7, 11) is 1.59. The fraction of sp³-hybridized carbons (Fsp3) is 0.200. The predicted octanol–water partition coefficient (Wildman–Crippen LogP) is 3.29. The largest absolute Gasteiger partial charge is 0.492 e. The molecule has 2 aromatic carbocycles. The Balaban J connectivity index is 1.63. The van der Waals surface area contributed by atoms with E-state index >= 15 is 0 Å². The van der Waals surface area contributed by atoms with Crippen molar-refractivity contribution in [1.29, 1.82) is 0 Å². The van der Waals surface area contributed by atoms with Crippen LogP contribution in [0.3, 0.4) is 0 Å². The fourth-order valence-corrected chi connectivity index (χ4v) is 3.19. The van der Waals surface area contributed by atoms with Crippen LogP contribution in [0.25, 0.3) is 5.69 Å². The molecule has 11 heteroatoms. The number of para-hydroxylation sites is 3. The van der Waals surface area contributed by atoms with Crippen molar-refractivity contribution in [2.24, 2.45) is 7.05 Å². The maximum atomic E-state index is 13.8. The zero-order valence-electron chi connectivity index (χ0n) is 16.4. The first-order chi connectivity index (χ1) is 14.6. The van der Waals surface area contributed by atoms with Gasteiger partial charge in [-0.2, -0.15) is 13.2 Å². The van der Waals surface area contributed by atoms with Crippen LogP contribution in [0.5, 0.6) is 11.5 Å². The van der Waals surface area contributed by atoms with Gasteiger partial charge in [0.2, 0.25) is 0 Å². The zero-order valence-corrected chi connectivity index (χ0v) is 16.4. The van der Waals surface area contributed by atoms with E-state index in [0.717, 1.165) is 0 Å². The SMILES string of the molecule is Cc1c(NC(=O)NC2(C(F)(F)F)Oc3ccccc3O2)c(=O)n(-c2ccccc2)n1C. The smallest absolute Gasteiger partial charge is 0.424 e. The lowest BCUT2D eigenvalue weighted by Gasteiger charge is -2.29. The van der Waals surface area contributed by atoms with E-state index in [4.69, 9.17) is 9.47 Å². The number of benzene rings is 2. The van der Waals surface area contributed by atoms with Gasteiger partial charge in [0.25, 0.3) is 5.56 Å². The molecule has 8 nitrogen and oxygen atoms in total. The van der Waals surface area contributed by atoms with Crippen LogP contribution in [-0.2, 0) is 7.05 Å². The van der Waals surface area contributed by atoms with Crippen molar-refractivity contribution in [3.63, 3.8) is 0 Å². The molecule has 0 saturated heterocycles. The first-order valence-corrected chi connectivity index (χ1v) is 9.10. The van der Waals surface area contributed by atoms with E-state index in [9.17, 15) is 22.8 Å². The Morgan fingerprint density at radius 1 is 1.00 bits per heavy atom. The van der Waals surface area contributed by atoms with Gasteiger partial charge >= 0.3 is 18.1 Å². The predicted molar refractivity (Wildman–Crippen MR) is 104 cm³/mol. The summed E-state index contributed by atoms with van der Waals surface area (Å²) in [5, 5.41) is 3.87. The number of amides is 2. The summed E-state index contributed by atoms with van der Waals surface area (Å²) in [5.41, 5.74) is 0.0634. The molecule has 0 unspecified atom stereocenters. The van der Waals surface area contributed by atoms with Gasteiger partial charge in [0, 0.05) is 7.05 Å². The second-order valence-electron chi connectivity index (χ2n) is 6.78. The Morgan fingerprint density at radius 3 is 2.10 bits per heavy atom. The van der Waals surface area contributed by atoms with Crippen LogP contribution in [0.1, 0.15) is 5.69 Å². The second kappa shape index (κ2) is 7.11. The first-order valence-electron chi connectivity index (χ1n) is 9.10. The number of hydrogen-bond acceptors (Lipinski definition) is 4. The molecular weight excluding hydrogens is 417 g/mol. The molecule has 2 amide bonds.